The maximum absolute atomic E-state index is 12.8. The van der Waals surface area contributed by atoms with Crippen LogP contribution in [0, 0.1) is 0 Å². The van der Waals surface area contributed by atoms with E-state index in [1.54, 1.807) is 6.07 Å². The molecule has 0 radical (unpaired) electrons. The molecule has 0 amide bonds. The highest BCUT2D eigenvalue weighted by Gasteiger charge is 2.15. The summed E-state index contributed by atoms with van der Waals surface area (Å²) in [6.07, 6.45) is 0.935. The molecule has 0 saturated heterocycles. The lowest BCUT2D eigenvalue weighted by molar-refractivity contribution is 0.620. The maximum atomic E-state index is 12.8. The summed E-state index contributed by atoms with van der Waals surface area (Å²) < 4.78 is 6.89. The summed E-state index contributed by atoms with van der Waals surface area (Å²) in [6.45, 7) is 2.79. The fourth-order valence-electron chi connectivity index (χ4n) is 2.37. The van der Waals surface area contributed by atoms with Gasteiger partial charge in [-0.3, -0.25) is 4.79 Å². The highest BCUT2D eigenvalue weighted by Crippen LogP contribution is 2.30. The first-order valence-electron chi connectivity index (χ1n) is 7.26. The van der Waals surface area contributed by atoms with Gasteiger partial charge in [-0.1, -0.05) is 53.2 Å². The van der Waals surface area contributed by atoms with Crippen LogP contribution in [0.5, 0.6) is 0 Å². The number of anilines is 1. The Morgan fingerprint density at radius 3 is 2.64 bits per heavy atom. The number of rotatable bonds is 4. The standard InChI is InChI=1S/C18H16BrNO2/c1-2-10-20-16-17(21)14-11-13(19)8-9-15(14)22-18(16)12-6-4-3-5-7-12/h3-9,11,20H,2,10H2,1H3. The Kier molecular flexibility index (Phi) is 4.29. The summed E-state index contributed by atoms with van der Waals surface area (Å²) in [4.78, 5) is 12.8. The average Bonchev–Trinajstić information content (AvgIpc) is 2.55. The molecule has 3 rings (SSSR count). The number of benzene rings is 2. The minimum absolute atomic E-state index is 0.0325. The molecule has 0 unspecified atom stereocenters. The molecule has 1 aromatic heterocycles. The van der Waals surface area contributed by atoms with E-state index in [4.69, 9.17) is 4.42 Å². The topological polar surface area (TPSA) is 42.2 Å². The van der Waals surface area contributed by atoms with E-state index >= 15 is 0 Å². The molecule has 3 aromatic rings. The van der Waals surface area contributed by atoms with Gasteiger partial charge in [0, 0.05) is 16.6 Å². The van der Waals surface area contributed by atoms with Crippen molar-refractivity contribution >= 4 is 32.6 Å². The van der Waals surface area contributed by atoms with Crippen LogP contribution in [0.25, 0.3) is 22.3 Å². The third kappa shape index (κ3) is 2.79. The van der Waals surface area contributed by atoms with Crippen molar-refractivity contribution in [1.29, 1.82) is 0 Å². The first-order chi connectivity index (χ1) is 10.7. The molecule has 2 aromatic carbocycles. The number of nitrogens with one attached hydrogen (secondary N) is 1. The fourth-order valence-corrected chi connectivity index (χ4v) is 2.73. The molecule has 0 aliphatic rings. The van der Waals surface area contributed by atoms with E-state index in [0.29, 0.717) is 22.4 Å². The second-order valence-electron chi connectivity index (χ2n) is 5.07. The van der Waals surface area contributed by atoms with E-state index < -0.39 is 0 Å². The van der Waals surface area contributed by atoms with Crippen LogP contribution in [-0.4, -0.2) is 6.54 Å². The highest BCUT2D eigenvalue weighted by atomic mass is 79.9. The molecule has 22 heavy (non-hydrogen) atoms. The second kappa shape index (κ2) is 6.36. The smallest absolute Gasteiger partial charge is 0.216 e. The Hall–Kier alpha value is -2.07. The summed E-state index contributed by atoms with van der Waals surface area (Å²) in [7, 11) is 0. The number of fused-ring (bicyclic) bond motifs is 1. The molecule has 0 atom stereocenters. The zero-order valence-electron chi connectivity index (χ0n) is 12.2. The minimum atomic E-state index is -0.0325. The zero-order chi connectivity index (χ0) is 15.5. The third-order valence-electron chi connectivity index (χ3n) is 3.44. The monoisotopic (exact) mass is 357 g/mol. The van der Waals surface area contributed by atoms with E-state index in [1.807, 2.05) is 42.5 Å². The Balaban J connectivity index is 2.29. The summed E-state index contributed by atoms with van der Waals surface area (Å²) in [5.74, 6) is 0.592. The van der Waals surface area contributed by atoms with Crippen LogP contribution < -0.4 is 10.7 Å². The van der Waals surface area contributed by atoms with Crippen LogP contribution in [0.2, 0.25) is 0 Å². The Morgan fingerprint density at radius 2 is 1.91 bits per heavy atom. The Bertz CT molecular complexity index is 856. The van der Waals surface area contributed by atoms with Gasteiger partial charge in [0.25, 0.3) is 0 Å². The predicted molar refractivity (Wildman–Crippen MR) is 94.4 cm³/mol. The molecular weight excluding hydrogens is 342 g/mol. The van der Waals surface area contributed by atoms with E-state index in [0.717, 1.165) is 23.0 Å². The van der Waals surface area contributed by atoms with Crippen LogP contribution >= 0.6 is 15.9 Å². The minimum Gasteiger partial charge on any atom is -0.454 e. The predicted octanol–water partition coefficient (Wildman–Crippen LogP) is 5.04. The highest BCUT2D eigenvalue weighted by molar-refractivity contribution is 9.10. The molecule has 0 saturated carbocycles. The second-order valence-corrected chi connectivity index (χ2v) is 5.98. The van der Waals surface area contributed by atoms with Crippen LogP contribution in [0.3, 0.4) is 0 Å². The van der Waals surface area contributed by atoms with Crippen molar-refractivity contribution < 1.29 is 4.42 Å². The van der Waals surface area contributed by atoms with Gasteiger partial charge in [0.2, 0.25) is 5.43 Å². The molecule has 1 heterocycles. The van der Waals surface area contributed by atoms with Crippen LogP contribution in [0.15, 0.2) is 62.2 Å². The van der Waals surface area contributed by atoms with Crippen molar-refractivity contribution in [3.05, 3.63) is 63.2 Å². The van der Waals surface area contributed by atoms with Gasteiger partial charge >= 0.3 is 0 Å². The van der Waals surface area contributed by atoms with Crippen molar-refractivity contribution in [3.63, 3.8) is 0 Å². The quantitative estimate of drug-likeness (QED) is 0.710. The van der Waals surface area contributed by atoms with Gasteiger partial charge in [-0.2, -0.15) is 0 Å². The molecule has 0 aliphatic heterocycles. The molecule has 0 bridgehead atoms. The van der Waals surface area contributed by atoms with E-state index in [1.165, 1.54) is 0 Å². The lowest BCUT2D eigenvalue weighted by Crippen LogP contribution is -2.14. The lowest BCUT2D eigenvalue weighted by atomic mass is 10.1. The van der Waals surface area contributed by atoms with E-state index in [2.05, 4.69) is 28.2 Å². The molecule has 4 heteroatoms. The van der Waals surface area contributed by atoms with Crippen LogP contribution in [-0.2, 0) is 0 Å². The Labute approximate surface area is 137 Å². The van der Waals surface area contributed by atoms with Gasteiger partial charge in [0.1, 0.15) is 11.3 Å². The summed E-state index contributed by atoms with van der Waals surface area (Å²) in [6, 6.07) is 15.2. The van der Waals surface area contributed by atoms with Gasteiger partial charge in [-0.15, -0.1) is 0 Å². The fraction of sp³-hybridized carbons (Fsp3) is 0.167. The van der Waals surface area contributed by atoms with E-state index in [-0.39, 0.29) is 5.43 Å². The van der Waals surface area contributed by atoms with Gasteiger partial charge in [0.15, 0.2) is 5.76 Å². The van der Waals surface area contributed by atoms with Gasteiger partial charge in [0.05, 0.1) is 5.39 Å². The molecular formula is C18H16BrNO2. The van der Waals surface area contributed by atoms with Crippen molar-refractivity contribution in [1.82, 2.24) is 0 Å². The summed E-state index contributed by atoms with van der Waals surface area (Å²) in [5, 5.41) is 3.80. The summed E-state index contributed by atoms with van der Waals surface area (Å²) >= 11 is 3.41. The van der Waals surface area contributed by atoms with Gasteiger partial charge in [-0.25, -0.2) is 0 Å². The number of halogens is 1. The maximum Gasteiger partial charge on any atom is 0.216 e. The largest absolute Gasteiger partial charge is 0.454 e. The Morgan fingerprint density at radius 1 is 1.14 bits per heavy atom. The molecule has 0 aliphatic carbocycles. The first kappa shape index (κ1) is 14.9. The van der Waals surface area contributed by atoms with Gasteiger partial charge in [-0.05, 0) is 24.6 Å². The third-order valence-corrected chi connectivity index (χ3v) is 3.93. The van der Waals surface area contributed by atoms with Crippen molar-refractivity contribution in [2.75, 3.05) is 11.9 Å². The molecule has 0 fully saturated rings. The molecule has 3 nitrogen and oxygen atoms in total. The van der Waals surface area contributed by atoms with Gasteiger partial charge < -0.3 is 9.73 Å². The molecule has 112 valence electrons. The van der Waals surface area contributed by atoms with Crippen molar-refractivity contribution in [2.45, 2.75) is 13.3 Å². The number of hydrogen-bond donors (Lipinski definition) is 1. The first-order valence-corrected chi connectivity index (χ1v) is 8.05. The molecule has 0 spiro atoms. The molecule has 1 N–H and O–H groups in total. The van der Waals surface area contributed by atoms with Crippen molar-refractivity contribution in [3.8, 4) is 11.3 Å². The SMILES string of the molecule is CCCNc1c(-c2ccccc2)oc2ccc(Br)cc2c1=O. The zero-order valence-corrected chi connectivity index (χ0v) is 13.8. The average molecular weight is 358 g/mol. The van der Waals surface area contributed by atoms with E-state index in [9.17, 15) is 4.79 Å². The van der Waals surface area contributed by atoms with Crippen molar-refractivity contribution in [2.24, 2.45) is 0 Å². The number of hydrogen-bond acceptors (Lipinski definition) is 3. The van der Waals surface area contributed by atoms with Crippen LogP contribution in [0.4, 0.5) is 5.69 Å². The normalized spacial score (nSPS) is 10.8. The lowest BCUT2D eigenvalue weighted by Gasteiger charge is -2.11. The summed E-state index contributed by atoms with van der Waals surface area (Å²) in [5.41, 5.74) is 1.98. The van der Waals surface area contributed by atoms with Crippen LogP contribution in [0.1, 0.15) is 13.3 Å².